The number of hydrogen-bond acceptors (Lipinski definition) is 0. The summed E-state index contributed by atoms with van der Waals surface area (Å²) in [7, 11) is -0.621. The van der Waals surface area contributed by atoms with Crippen LogP contribution in [0.4, 0.5) is 0 Å². The van der Waals surface area contributed by atoms with E-state index in [4.69, 9.17) is 0 Å². The summed E-state index contributed by atoms with van der Waals surface area (Å²) in [6, 6.07) is 37.5. The number of hydrogen-bond donors (Lipinski definition) is 1. The fourth-order valence-corrected chi connectivity index (χ4v) is 6.98. The second-order valence-corrected chi connectivity index (χ2v) is 9.28. The van der Waals surface area contributed by atoms with Crippen LogP contribution in [0.1, 0.15) is 13.8 Å². The molecule has 2 heteroatoms. The third-order valence-corrected chi connectivity index (χ3v) is 8.11. The van der Waals surface area contributed by atoms with Crippen molar-refractivity contribution in [3.05, 3.63) is 103 Å². The van der Waals surface area contributed by atoms with E-state index in [0.717, 1.165) is 0 Å². The maximum atomic E-state index is 3.74. The smallest absolute Gasteiger partial charge is 0.0551 e. The third-order valence-electron chi connectivity index (χ3n) is 5.55. The highest BCUT2D eigenvalue weighted by molar-refractivity contribution is 7.80. The highest BCUT2D eigenvalue weighted by Gasteiger charge is 2.29. The summed E-state index contributed by atoms with van der Waals surface area (Å²) in [6.45, 7) is 4.00. The number of H-pyrrole nitrogens is 1. The Labute approximate surface area is 179 Å². The van der Waals surface area contributed by atoms with E-state index in [1.54, 1.807) is 0 Å². The van der Waals surface area contributed by atoms with Crippen molar-refractivity contribution in [3.8, 4) is 22.4 Å². The van der Waals surface area contributed by atoms with E-state index >= 15 is 0 Å². The minimum Gasteiger partial charge on any atom is -0.354 e. The molecule has 1 unspecified atom stereocenters. The van der Waals surface area contributed by atoms with Gasteiger partial charge in [-0.2, -0.15) is 0 Å². The van der Waals surface area contributed by atoms with Gasteiger partial charge in [-0.05, 0) is 35.5 Å². The van der Waals surface area contributed by atoms with E-state index in [9.17, 15) is 0 Å². The fourth-order valence-electron chi connectivity index (χ4n) is 4.37. The van der Waals surface area contributed by atoms with Crippen LogP contribution < -0.4 is 15.9 Å². The SMILES string of the molecule is CC.c1ccc(P2c3ccccc3-c3[nH]c4ccccc4c3-c3ccccc32)cc1. The average molecular weight is 405 g/mol. The molecule has 0 spiro atoms. The second kappa shape index (κ2) is 7.94. The van der Waals surface area contributed by atoms with Gasteiger partial charge in [-0.25, -0.2) is 0 Å². The minimum absolute atomic E-state index is 0.621. The maximum Gasteiger partial charge on any atom is 0.0551 e. The Balaban J connectivity index is 0.000000937. The number of benzene rings is 4. The Morgan fingerprint density at radius 2 is 1.13 bits per heavy atom. The van der Waals surface area contributed by atoms with Crippen LogP contribution in [-0.4, -0.2) is 4.98 Å². The van der Waals surface area contributed by atoms with Crippen LogP contribution in [-0.2, 0) is 0 Å². The summed E-state index contributed by atoms with van der Waals surface area (Å²) in [6.07, 6.45) is 0. The van der Waals surface area contributed by atoms with Crippen molar-refractivity contribution in [1.82, 2.24) is 4.98 Å². The standard InChI is InChI=1S/C26H18NP.C2H6/c1-2-10-18(11-3-1)28-23-16-8-5-13-20(23)25-19-12-4-7-15-22(19)27-26(25)21-14-6-9-17-24(21)28;1-2/h1-17,27H;1-2H3. The van der Waals surface area contributed by atoms with Crippen molar-refractivity contribution >= 4 is 34.7 Å². The van der Waals surface area contributed by atoms with E-state index in [0.29, 0.717) is 0 Å². The number of aromatic amines is 1. The van der Waals surface area contributed by atoms with Gasteiger partial charge in [0.25, 0.3) is 0 Å². The van der Waals surface area contributed by atoms with Crippen molar-refractivity contribution < 1.29 is 0 Å². The van der Waals surface area contributed by atoms with Crippen LogP contribution >= 0.6 is 7.92 Å². The highest BCUT2D eigenvalue weighted by atomic mass is 31.1. The van der Waals surface area contributed by atoms with Crippen LogP contribution in [0.15, 0.2) is 103 Å². The second-order valence-electron chi connectivity index (χ2n) is 7.13. The third kappa shape index (κ3) is 2.90. The van der Waals surface area contributed by atoms with Crippen molar-refractivity contribution in [3.63, 3.8) is 0 Å². The molecular formula is C28H24NP. The number of aromatic nitrogens is 1. The molecule has 0 fully saturated rings. The zero-order valence-electron chi connectivity index (χ0n) is 17.3. The molecule has 30 heavy (non-hydrogen) atoms. The molecule has 4 aromatic carbocycles. The molecule has 1 aliphatic heterocycles. The first-order valence-corrected chi connectivity index (χ1v) is 11.9. The predicted molar refractivity (Wildman–Crippen MR) is 133 cm³/mol. The van der Waals surface area contributed by atoms with Gasteiger partial charge in [0.1, 0.15) is 0 Å². The van der Waals surface area contributed by atoms with Crippen LogP contribution in [0.2, 0.25) is 0 Å². The molecule has 1 aromatic heterocycles. The van der Waals surface area contributed by atoms with Gasteiger partial charge >= 0.3 is 0 Å². The Kier molecular flexibility index (Phi) is 4.99. The lowest BCUT2D eigenvalue weighted by Crippen LogP contribution is -2.21. The lowest BCUT2D eigenvalue weighted by atomic mass is 9.98. The fraction of sp³-hybridized carbons (Fsp3) is 0.0714. The van der Waals surface area contributed by atoms with Gasteiger partial charge in [0.05, 0.1) is 5.69 Å². The Morgan fingerprint density at radius 3 is 1.90 bits per heavy atom. The summed E-state index contributed by atoms with van der Waals surface area (Å²) in [5.41, 5.74) is 6.44. The van der Waals surface area contributed by atoms with Crippen molar-refractivity contribution in [2.24, 2.45) is 0 Å². The Hall–Kier alpha value is -3.15. The van der Waals surface area contributed by atoms with Crippen molar-refractivity contribution in [2.45, 2.75) is 13.8 Å². The highest BCUT2D eigenvalue weighted by Crippen LogP contribution is 2.47. The summed E-state index contributed by atoms with van der Waals surface area (Å²) < 4.78 is 0. The number of nitrogens with one attached hydrogen (secondary N) is 1. The molecule has 0 saturated heterocycles. The van der Waals surface area contributed by atoms with E-state index in [2.05, 4.69) is 108 Å². The Bertz CT molecular complexity index is 1320. The Morgan fingerprint density at radius 1 is 0.567 bits per heavy atom. The monoisotopic (exact) mass is 405 g/mol. The van der Waals surface area contributed by atoms with E-state index in [1.807, 2.05) is 13.8 Å². The molecule has 2 heterocycles. The summed E-state index contributed by atoms with van der Waals surface area (Å²) in [4.78, 5) is 3.74. The van der Waals surface area contributed by atoms with Crippen LogP contribution in [0.3, 0.4) is 0 Å². The normalized spacial score (nSPS) is 14.0. The molecule has 1 nitrogen and oxygen atoms in total. The molecular weight excluding hydrogens is 381 g/mol. The van der Waals surface area contributed by atoms with Gasteiger partial charge in [0.2, 0.25) is 0 Å². The molecule has 0 bridgehead atoms. The molecule has 1 aliphatic rings. The van der Waals surface area contributed by atoms with Gasteiger partial charge < -0.3 is 4.98 Å². The lowest BCUT2D eigenvalue weighted by molar-refractivity contribution is 1.46. The molecule has 1 atom stereocenters. The summed E-state index contributed by atoms with van der Waals surface area (Å²) >= 11 is 0. The van der Waals surface area contributed by atoms with Crippen LogP contribution in [0.25, 0.3) is 33.3 Å². The topological polar surface area (TPSA) is 15.8 Å². The molecule has 0 aliphatic carbocycles. The molecule has 6 rings (SSSR count). The molecule has 0 amide bonds. The van der Waals surface area contributed by atoms with Gasteiger partial charge in [-0.1, -0.05) is 111 Å². The molecule has 1 N–H and O–H groups in total. The molecule has 0 radical (unpaired) electrons. The predicted octanol–water partition coefficient (Wildman–Crippen LogP) is 6.60. The van der Waals surface area contributed by atoms with Crippen LogP contribution in [0.5, 0.6) is 0 Å². The van der Waals surface area contributed by atoms with E-state index in [-0.39, 0.29) is 0 Å². The quantitative estimate of drug-likeness (QED) is 0.297. The average Bonchev–Trinajstić information content (AvgIpc) is 3.16. The zero-order valence-corrected chi connectivity index (χ0v) is 18.2. The number of fused-ring (bicyclic) bond motifs is 7. The van der Waals surface area contributed by atoms with Gasteiger partial charge in [0, 0.05) is 22.0 Å². The van der Waals surface area contributed by atoms with Crippen molar-refractivity contribution in [2.75, 3.05) is 0 Å². The molecule has 5 aromatic rings. The van der Waals surface area contributed by atoms with Gasteiger partial charge in [-0.3, -0.25) is 0 Å². The van der Waals surface area contributed by atoms with Gasteiger partial charge in [0.15, 0.2) is 0 Å². The van der Waals surface area contributed by atoms with Crippen molar-refractivity contribution in [1.29, 1.82) is 0 Å². The minimum atomic E-state index is -0.621. The first kappa shape index (κ1) is 18.9. The first-order chi connectivity index (χ1) is 14.9. The lowest BCUT2D eigenvalue weighted by Gasteiger charge is -2.21. The number of para-hydroxylation sites is 1. The number of rotatable bonds is 1. The summed E-state index contributed by atoms with van der Waals surface area (Å²) in [5.74, 6) is 0. The largest absolute Gasteiger partial charge is 0.354 e. The van der Waals surface area contributed by atoms with Crippen LogP contribution in [0, 0.1) is 0 Å². The molecule has 146 valence electrons. The van der Waals surface area contributed by atoms with E-state index < -0.39 is 7.92 Å². The first-order valence-electron chi connectivity index (χ1n) is 10.6. The maximum absolute atomic E-state index is 3.74. The molecule has 0 saturated carbocycles. The summed E-state index contributed by atoms with van der Waals surface area (Å²) in [5, 5.41) is 5.54. The van der Waals surface area contributed by atoms with Gasteiger partial charge in [-0.15, -0.1) is 0 Å². The zero-order chi connectivity index (χ0) is 20.5. The van der Waals surface area contributed by atoms with E-state index in [1.165, 1.54) is 49.2 Å².